The van der Waals surface area contributed by atoms with Crippen LogP contribution < -0.4 is 4.74 Å². The molecule has 138 valence electrons. The van der Waals surface area contributed by atoms with E-state index < -0.39 is 24.1 Å². The molecular formula is C18H27BO6. The standard InChI is InChI=1S/C18H27BO6/c1-7-23-16(21)11-14(13-9-8-12(20)10-15(13)22-6)19-24-17(2,3)18(4,5)25-19/h8-10,14,20H,7,11H2,1-6H3. The molecule has 0 aliphatic carbocycles. The van der Waals surface area contributed by atoms with Gasteiger partial charge in [-0.05, 0) is 46.2 Å². The first-order chi connectivity index (χ1) is 11.6. The number of rotatable bonds is 6. The summed E-state index contributed by atoms with van der Waals surface area (Å²) in [5.41, 5.74) is -0.310. The van der Waals surface area contributed by atoms with Crippen LogP contribution in [0, 0.1) is 0 Å². The molecule has 0 saturated carbocycles. The average molecular weight is 350 g/mol. The molecule has 1 unspecified atom stereocenters. The molecule has 0 bridgehead atoms. The maximum Gasteiger partial charge on any atom is 0.466 e. The van der Waals surface area contributed by atoms with E-state index in [2.05, 4.69) is 0 Å². The molecule has 1 aromatic carbocycles. The van der Waals surface area contributed by atoms with Gasteiger partial charge in [-0.15, -0.1) is 0 Å². The van der Waals surface area contributed by atoms with Gasteiger partial charge in [-0.3, -0.25) is 4.79 Å². The molecule has 25 heavy (non-hydrogen) atoms. The van der Waals surface area contributed by atoms with Crippen LogP contribution >= 0.6 is 0 Å². The molecule has 0 spiro atoms. The van der Waals surface area contributed by atoms with Crippen LogP contribution in [0.3, 0.4) is 0 Å². The van der Waals surface area contributed by atoms with Gasteiger partial charge in [0.05, 0.1) is 31.3 Å². The van der Waals surface area contributed by atoms with Crippen molar-refractivity contribution in [2.75, 3.05) is 13.7 Å². The summed E-state index contributed by atoms with van der Waals surface area (Å²) in [6.07, 6.45) is 0.0891. The van der Waals surface area contributed by atoms with Crippen LogP contribution in [0.2, 0.25) is 0 Å². The smallest absolute Gasteiger partial charge is 0.466 e. The molecule has 1 aliphatic rings. The third kappa shape index (κ3) is 4.10. The van der Waals surface area contributed by atoms with E-state index in [-0.39, 0.29) is 18.1 Å². The van der Waals surface area contributed by atoms with Crippen molar-refractivity contribution in [1.29, 1.82) is 0 Å². The molecule has 1 atom stereocenters. The lowest BCUT2D eigenvalue weighted by molar-refractivity contribution is -0.143. The van der Waals surface area contributed by atoms with Gasteiger partial charge in [-0.2, -0.15) is 0 Å². The van der Waals surface area contributed by atoms with Gasteiger partial charge in [0.2, 0.25) is 0 Å². The molecule has 1 aliphatic heterocycles. The molecule has 0 amide bonds. The summed E-state index contributed by atoms with van der Waals surface area (Å²) in [6, 6.07) is 4.79. The second kappa shape index (κ2) is 7.26. The summed E-state index contributed by atoms with van der Waals surface area (Å²) < 4.78 is 22.8. The Labute approximate surface area is 149 Å². The minimum Gasteiger partial charge on any atom is -0.508 e. The average Bonchev–Trinajstić information content (AvgIpc) is 2.73. The Balaban J connectivity index is 2.40. The quantitative estimate of drug-likeness (QED) is 0.628. The lowest BCUT2D eigenvalue weighted by atomic mass is 9.66. The summed E-state index contributed by atoms with van der Waals surface area (Å²) in [6.45, 7) is 9.92. The Morgan fingerprint density at radius 2 is 1.84 bits per heavy atom. The van der Waals surface area contributed by atoms with Crippen molar-refractivity contribution >= 4 is 13.1 Å². The molecule has 7 heteroatoms. The van der Waals surface area contributed by atoms with E-state index in [1.807, 2.05) is 27.7 Å². The van der Waals surface area contributed by atoms with Crippen molar-refractivity contribution in [3.63, 3.8) is 0 Å². The highest BCUT2D eigenvalue weighted by Gasteiger charge is 2.54. The molecular weight excluding hydrogens is 323 g/mol. The van der Waals surface area contributed by atoms with Gasteiger partial charge >= 0.3 is 13.1 Å². The Morgan fingerprint density at radius 1 is 1.24 bits per heavy atom. The van der Waals surface area contributed by atoms with Gasteiger partial charge in [-0.25, -0.2) is 0 Å². The van der Waals surface area contributed by atoms with Crippen molar-refractivity contribution in [3.05, 3.63) is 23.8 Å². The summed E-state index contributed by atoms with van der Waals surface area (Å²) in [5.74, 6) is -0.193. The second-order valence-corrected chi connectivity index (χ2v) is 7.17. The predicted octanol–water partition coefficient (Wildman–Crippen LogP) is 3.07. The lowest BCUT2D eigenvalue weighted by Crippen LogP contribution is -2.41. The van der Waals surface area contributed by atoms with Gasteiger partial charge in [0.25, 0.3) is 0 Å². The van der Waals surface area contributed by atoms with E-state index in [0.717, 1.165) is 5.56 Å². The van der Waals surface area contributed by atoms with E-state index in [0.29, 0.717) is 12.4 Å². The zero-order valence-corrected chi connectivity index (χ0v) is 15.8. The van der Waals surface area contributed by atoms with Gasteiger partial charge in [0, 0.05) is 11.9 Å². The number of hydrogen-bond donors (Lipinski definition) is 1. The van der Waals surface area contributed by atoms with Crippen molar-refractivity contribution in [2.45, 2.75) is 58.1 Å². The normalized spacial score (nSPS) is 19.5. The van der Waals surface area contributed by atoms with Crippen LogP contribution in [0.15, 0.2) is 18.2 Å². The summed E-state index contributed by atoms with van der Waals surface area (Å²) in [4.78, 5) is 12.1. The van der Waals surface area contributed by atoms with Gasteiger partial charge in [-0.1, -0.05) is 6.07 Å². The maximum absolute atomic E-state index is 12.1. The van der Waals surface area contributed by atoms with Crippen LogP contribution in [0.1, 0.15) is 52.4 Å². The highest BCUT2D eigenvalue weighted by molar-refractivity contribution is 6.48. The number of carbonyl (C=O) groups is 1. The first kappa shape index (κ1) is 19.6. The summed E-state index contributed by atoms with van der Waals surface area (Å²) in [7, 11) is 0.886. The minimum atomic E-state index is -0.632. The number of aromatic hydroxyl groups is 1. The number of benzene rings is 1. The molecule has 2 rings (SSSR count). The Morgan fingerprint density at radius 3 is 2.36 bits per heavy atom. The number of hydrogen-bond acceptors (Lipinski definition) is 6. The summed E-state index contributed by atoms with van der Waals surface area (Å²) >= 11 is 0. The first-order valence-electron chi connectivity index (χ1n) is 8.49. The van der Waals surface area contributed by atoms with Gasteiger partial charge in [0.15, 0.2) is 0 Å². The predicted molar refractivity (Wildman–Crippen MR) is 94.7 cm³/mol. The third-order valence-corrected chi connectivity index (χ3v) is 4.91. The molecule has 0 radical (unpaired) electrons. The van der Waals surface area contributed by atoms with Gasteiger partial charge in [0.1, 0.15) is 11.5 Å². The molecule has 1 aromatic rings. The van der Waals surface area contributed by atoms with Crippen LogP contribution in [-0.4, -0.2) is 43.1 Å². The fraction of sp³-hybridized carbons (Fsp3) is 0.611. The molecule has 1 heterocycles. The number of ether oxygens (including phenoxy) is 2. The Bertz CT molecular complexity index is 612. The second-order valence-electron chi connectivity index (χ2n) is 7.17. The Hall–Kier alpha value is -1.73. The van der Waals surface area contributed by atoms with Crippen molar-refractivity contribution in [3.8, 4) is 11.5 Å². The van der Waals surface area contributed by atoms with E-state index >= 15 is 0 Å². The number of carbonyl (C=O) groups excluding carboxylic acids is 1. The lowest BCUT2D eigenvalue weighted by Gasteiger charge is -2.32. The largest absolute Gasteiger partial charge is 0.508 e. The zero-order chi connectivity index (χ0) is 18.8. The van der Waals surface area contributed by atoms with Crippen molar-refractivity contribution in [1.82, 2.24) is 0 Å². The van der Waals surface area contributed by atoms with Crippen LogP contribution in [0.5, 0.6) is 11.5 Å². The van der Waals surface area contributed by atoms with E-state index in [1.165, 1.54) is 13.2 Å². The van der Waals surface area contributed by atoms with E-state index in [4.69, 9.17) is 18.8 Å². The SMILES string of the molecule is CCOC(=O)CC(B1OC(C)(C)C(C)(C)O1)c1ccc(O)cc1OC. The molecule has 1 saturated heterocycles. The molecule has 6 nitrogen and oxygen atoms in total. The first-order valence-corrected chi connectivity index (χ1v) is 8.49. The van der Waals surface area contributed by atoms with Crippen LogP contribution in [0.25, 0.3) is 0 Å². The maximum atomic E-state index is 12.1. The van der Waals surface area contributed by atoms with Gasteiger partial charge < -0.3 is 23.9 Å². The van der Waals surface area contributed by atoms with Crippen molar-refractivity contribution < 1.29 is 28.7 Å². The van der Waals surface area contributed by atoms with Crippen LogP contribution in [-0.2, 0) is 18.8 Å². The van der Waals surface area contributed by atoms with Crippen molar-refractivity contribution in [2.24, 2.45) is 0 Å². The molecule has 0 aromatic heterocycles. The molecule has 1 N–H and O–H groups in total. The fourth-order valence-corrected chi connectivity index (χ4v) is 2.81. The number of phenols is 1. The highest BCUT2D eigenvalue weighted by atomic mass is 16.7. The highest BCUT2D eigenvalue weighted by Crippen LogP contribution is 2.43. The number of methoxy groups -OCH3 is 1. The topological polar surface area (TPSA) is 74.2 Å². The van der Waals surface area contributed by atoms with Crippen LogP contribution in [0.4, 0.5) is 0 Å². The minimum absolute atomic E-state index is 0.0874. The number of phenolic OH excluding ortho intramolecular Hbond substituents is 1. The third-order valence-electron chi connectivity index (χ3n) is 4.91. The number of esters is 1. The Kier molecular flexibility index (Phi) is 5.69. The molecule has 1 fully saturated rings. The zero-order valence-electron chi connectivity index (χ0n) is 15.8. The fourth-order valence-electron chi connectivity index (χ4n) is 2.81. The summed E-state index contributed by atoms with van der Waals surface area (Å²) in [5, 5.41) is 9.71. The van der Waals surface area contributed by atoms with E-state index in [9.17, 15) is 9.90 Å². The van der Waals surface area contributed by atoms with E-state index in [1.54, 1.807) is 19.1 Å². The monoisotopic (exact) mass is 350 g/mol.